The van der Waals surface area contributed by atoms with E-state index in [0.717, 1.165) is 22.4 Å². The minimum Gasteiger partial charge on any atom is -0.475 e. The summed E-state index contributed by atoms with van der Waals surface area (Å²) in [4.78, 5) is 0. The van der Waals surface area contributed by atoms with Gasteiger partial charge in [0.25, 0.3) is 0 Å². The fraction of sp³-hybridized carbons (Fsp3) is 0.0526. The summed E-state index contributed by atoms with van der Waals surface area (Å²) in [6.07, 6.45) is 0. The van der Waals surface area contributed by atoms with Crippen molar-refractivity contribution in [2.45, 2.75) is 5.12 Å². The molecule has 3 aromatic carbocycles. The van der Waals surface area contributed by atoms with E-state index in [-0.39, 0.29) is 13.9 Å². The van der Waals surface area contributed by atoms with Crippen molar-refractivity contribution in [3.05, 3.63) is 90.5 Å². The van der Waals surface area contributed by atoms with Gasteiger partial charge in [0.1, 0.15) is 10.9 Å². The zero-order valence-electron chi connectivity index (χ0n) is 11.9. The Kier molecular flexibility index (Phi) is 5.11. The second kappa shape index (κ2) is 7.45. The Morgan fingerprint density at radius 3 is 2.05 bits per heavy atom. The summed E-state index contributed by atoms with van der Waals surface area (Å²) in [5.41, 5.74) is 3.32. The van der Waals surface area contributed by atoms with Gasteiger partial charge in [-0.2, -0.15) is 0 Å². The number of para-hydroxylation sites is 1. The lowest BCUT2D eigenvalue weighted by atomic mass is 10.1. The number of halogens is 1. The molecule has 3 heteroatoms. The van der Waals surface area contributed by atoms with E-state index in [1.165, 1.54) is 0 Å². The first-order valence-electron chi connectivity index (χ1n) is 7.10. The molecule has 0 spiro atoms. The van der Waals surface area contributed by atoms with Crippen LogP contribution in [0.1, 0.15) is 10.7 Å². The molecule has 22 heavy (non-hydrogen) atoms. The molecule has 0 heterocycles. The molecule has 110 valence electrons. The minimum absolute atomic E-state index is 0.134. The summed E-state index contributed by atoms with van der Waals surface area (Å²) in [5, 5.41) is -0.134. The summed E-state index contributed by atoms with van der Waals surface area (Å²) in [7, 11) is 0.168. The third-order valence-electron chi connectivity index (χ3n) is 3.34. The molecule has 1 nitrogen and oxygen atoms in total. The van der Waals surface area contributed by atoms with Crippen LogP contribution in [0, 0.1) is 0 Å². The number of benzene rings is 3. The Balaban J connectivity index is 1.76. The maximum Gasteiger partial charge on any atom is 0.130 e. The van der Waals surface area contributed by atoms with E-state index >= 15 is 0 Å². The van der Waals surface area contributed by atoms with E-state index in [4.69, 9.17) is 16.1 Å². The molecule has 3 rings (SSSR count). The molecule has 0 aliphatic heterocycles. The molecule has 0 amide bonds. The van der Waals surface area contributed by atoms with Crippen LogP contribution in [-0.4, -0.2) is 0 Å². The molecule has 0 aliphatic rings. The van der Waals surface area contributed by atoms with Gasteiger partial charge in [-0.05, 0) is 17.2 Å². The zero-order valence-corrected chi connectivity index (χ0v) is 13.7. The van der Waals surface area contributed by atoms with Crippen molar-refractivity contribution in [3.8, 4) is 16.9 Å². The van der Waals surface area contributed by atoms with Crippen LogP contribution >= 0.6 is 20.4 Å². The Morgan fingerprint density at radius 2 is 1.32 bits per heavy atom. The van der Waals surface area contributed by atoms with Gasteiger partial charge in [-0.25, -0.2) is 0 Å². The van der Waals surface area contributed by atoms with Gasteiger partial charge in [-0.1, -0.05) is 78.9 Å². The molecule has 3 aromatic rings. The Bertz CT molecular complexity index is 716. The summed E-state index contributed by atoms with van der Waals surface area (Å²) < 4.78 is 6.00. The van der Waals surface area contributed by atoms with Crippen LogP contribution in [-0.2, 0) is 0 Å². The molecule has 0 fully saturated rings. The minimum atomic E-state index is -0.134. The first kappa shape index (κ1) is 15.1. The second-order valence-corrected chi connectivity index (χ2v) is 6.67. The Labute approximate surface area is 137 Å². The standard InChI is InChI=1S/C19H16ClOP/c20-19(16-11-5-2-6-12-16)22-21-18-14-8-7-13-17(18)15-9-3-1-4-10-15/h1-14,19,22H. The number of hydrogen-bond acceptors (Lipinski definition) is 1. The average Bonchev–Trinajstić information content (AvgIpc) is 2.61. The average molecular weight is 327 g/mol. The van der Waals surface area contributed by atoms with Crippen LogP contribution in [0.4, 0.5) is 0 Å². The molecular formula is C19H16ClOP. The van der Waals surface area contributed by atoms with Crippen LogP contribution in [0.15, 0.2) is 84.9 Å². The highest BCUT2D eigenvalue weighted by Gasteiger charge is 2.11. The normalized spacial score (nSPS) is 12.4. The number of alkyl halides is 1. The van der Waals surface area contributed by atoms with Crippen molar-refractivity contribution in [3.63, 3.8) is 0 Å². The van der Waals surface area contributed by atoms with Gasteiger partial charge < -0.3 is 4.52 Å². The van der Waals surface area contributed by atoms with Gasteiger partial charge >= 0.3 is 0 Å². The smallest absolute Gasteiger partial charge is 0.130 e. The van der Waals surface area contributed by atoms with Crippen molar-refractivity contribution in [2.24, 2.45) is 0 Å². The summed E-state index contributed by atoms with van der Waals surface area (Å²) in [5.74, 6) is 0.869. The monoisotopic (exact) mass is 326 g/mol. The molecule has 0 saturated heterocycles. The van der Waals surface area contributed by atoms with Crippen LogP contribution in [0.2, 0.25) is 0 Å². The predicted octanol–water partition coefficient (Wildman–Crippen LogP) is 6.26. The van der Waals surface area contributed by atoms with Crippen molar-refractivity contribution in [2.75, 3.05) is 0 Å². The number of hydrogen-bond donors (Lipinski definition) is 0. The van der Waals surface area contributed by atoms with Gasteiger partial charge in [0.15, 0.2) is 0 Å². The third-order valence-corrected chi connectivity index (χ3v) is 4.73. The summed E-state index contributed by atoms with van der Waals surface area (Å²) in [6, 6.07) is 28.3. The quantitative estimate of drug-likeness (QED) is 0.397. The van der Waals surface area contributed by atoms with E-state index in [1.54, 1.807) is 0 Å². The summed E-state index contributed by atoms with van der Waals surface area (Å²) >= 11 is 6.44. The lowest BCUT2D eigenvalue weighted by molar-refractivity contribution is 0.631. The van der Waals surface area contributed by atoms with Crippen molar-refractivity contribution >= 4 is 20.4 Å². The van der Waals surface area contributed by atoms with Crippen molar-refractivity contribution < 1.29 is 4.52 Å². The summed E-state index contributed by atoms with van der Waals surface area (Å²) in [6.45, 7) is 0. The topological polar surface area (TPSA) is 9.23 Å². The fourth-order valence-electron chi connectivity index (χ4n) is 2.22. The van der Waals surface area contributed by atoms with E-state index in [1.807, 2.05) is 66.7 Å². The second-order valence-electron chi connectivity index (χ2n) is 4.86. The number of rotatable bonds is 5. The van der Waals surface area contributed by atoms with Gasteiger partial charge in [0, 0.05) is 5.56 Å². The maximum atomic E-state index is 6.44. The molecule has 0 aromatic heterocycles. The third kappa shape index (κ3) is 3.68. The van der Waals surface area contributed by atoms with E-state index in [2.05, 4.69) is 18.2 Å². The molecular weight excluding hydrogens is 311 g/mol. The molecule has 0 radical (unpaired) electrons. The van der Waals surface area contributed by atoms with Crippen molar-refractivity contribution in [1.82, 2.24) is 0 Å². The largest absolute Gasteiger partial charge is 0.475 e. The first-order chi connectivity index (χ1) is 10.8. The predicted molar refractivity (Wildman–Crippen MR) is 95.9 cm³/mol. The van der Waals surface area contributed by atoms with Gasteiger partial charge in [-0.15, -0.1) is 11.6 Å². The van der Waals surface area contributed by atoms with E-state index in [9.17, 15) is 0 Å². The van der Waals surface area contributed by atoms with Crippen LogP contribution in [0.5, 0.6) is 5.75 Å². The van der Waals surface area contributed by atoms with E-state index in [0.29, 0.717) is 0 Å². The van der Waals surface area contributed by atoms with E-state index < -0.39 is 0 Å². The maximum absolute atomic E-state index is 6.44. The SMILES string of the molecule is ClC(POc1ccccc1-c1ccccc1)c1ccccc1. The molecule has 0 bridgehead atoms. The Morgan fingerprint density at radius 1 is 0.727 bits per heavy atom. The molecule has 0 aliphatic carbocycles. The highest BCUT2D eigenvalue weighted by molar-refractivity contribution is 7.35. The highest BCUT2D eigenvalue weighted by atomic mass is 35.5. The fourth-order valence-corrected chi connectivity index (χ4v) is 3.23. The van der Waals surface area contributed by atoms with Crippen LogP contribution in [0.25, 0.3) is 11.1 Å². The lowest BCUT2D eigenvalue weighted by Gasteiger charge is -2.14. The van der Waals surface area contributed by atoms with Gasteiger partial charge in [0.05, 0.1) is 8.81 Å². The molecule has 2 atom stereocenters. The van der Waals surface area contributed by atoms with Crippen molar-refractivity contribution in [1.29, 1.82) is 0 Å². The lowest BCUT2D eigenvalue weighted by Crippen LogP contribution is -1.89. The van der Waals surface area contributed by atoms with Gasteiger partial charge in [-0.3, -0.25) is 0 Å². The highest BCUT2D eigenvalue weighted by Crippen LogP contribution is 2.42. The molecule has 0 saturated carbocycles. The zero-order chi connectivity index (χ0) is 15.2. The van der Waals surface area contributed by atoms with Crippen LogP contribution in [0.3, 0.4) is 0 Å². The van der Waals surface area contributed by atoms with Crippen LogP contribution < -0.4 is 4.52 Å². The molecule has 2 unspecified atom stereocenters. The van der Waals surface area contributed by atoms with Gasteiger partial charge in [0.2, 0.25) is 0 Å². The Hall–Kier alpha value is -1.82. The molecule has 0 N–H and O–H groups in total. The first-order valence-corrected chi connectivity index (χ1v) is 8.52.